The molecule has 1 aromatic carbocycles. The Kier molecular flexibility index (Phi) is 5.82. The van der Waals surface area contributed by atoms with E-state index in [4.69, 9.17) is 22.1 Å². The Hall–Kier alpha value is -2.27. The monoisotopic (exact) mass is 333 g/mol. The highest BCUT2D eigenvalue weighted by atomic mass is 35.5. The number of pyridine rings is 1. The smallest absolute Gasteiger partial charge is 0.250 e. The fourth-order valence-electron chi connectivity index (χ4n) is 2.06. The molecule has 0 spiro atoms. The topological polar surface area (TPSA) is 77.2 Å². The van der Waals surface area contributed by atoms with E-state index in [2.05, 4.69) is 10.3 Å². The number of aromatic nitrogens is 1. The van der Waals surface area contributed by atoms with Crippen molar-refractivity contribution in [2.24, 2.45) is 5.73 Å². The van der Waals surface area contributed by atoms with Gasteiger partial charge in [0.2, 0.25) is 5.91 Å². The summed E-state index contributed by atoms with van der Waals surface area (Å²) in [4.78, 5) is 15.2. The molecule has 0 aliphatic carbocycles. The van der Waals surface area contributed by atoms with Crippen molar-refractivity contribution < 1.29 is 9.53 Å². The van der Waals surface area contributed by atoms with Gasteiger partial charge in [0.1, 0.15) is 17.7 Å². The molecule has 0 saturated heterocycles. The van der Waals surface area contributed by atoms with Crippen LogP contribution in [0.5, 0.6) is 5.75 Å². The Labute approximate surface area is 140 Å². The zero-order chi connectivity index (χ0) is 16.8. The van der Waals surface area contributed by atoms with Crippen molar-refractivity contribution in [1.29, 1.82) is 0 Å². The van der Waals surface area contributed by atoms with Gasteiger partial charge in [0.25, 0.3) is 0 Å². The Bertz CT molecular complexity index is 691. The average Bonchev–Trinajstić information content (AvgIpc) is 2.52. The van der Waals surface area contributed by atoms with Crippen LogP contribution >= 0.6 is 11.6 Å². The lowest BCUT2D eigenvalue weighted by Gasteiger charge is -2.19. The molecule has 122 valence electrons. The third kappa shape index (κ3) is 4.86. The van der Waals surface area contributed by atoms with Crippen LogP contribution in [0.3, 0.4) is 0 Å². The molecule has 0 radical (unpaired) electrons. The van der Waals surface area contributed by atoms with Crippen molar-refractivity contribution in [3.8, 4) is 5.75 Å². The Morgan fingerprint density at radius 1 is 1.43 bits per heavy atom. The van der Waals surface area contributed by atoms with Crippen molar-refractivity contribution in [2.75, 3.05) is 11.9 Å². The third-order valence-electron chi connectivity index (χ3n) is 3.37. The minimum Gasteiger partial charge on any atom is -0.489 e. The van der Waals surface area contributed by atoms with Crippen LogP contribution in [0.25, 0.3) is 0 Å². The molecular formula is C17H20ClN3O2. The van der Waals surface area contributed by atoms with Crippen molar-refractivity contribution in [2.45, 2.75) is 26.4 Å². The predicted molar refractivity (Wildman–Crippen MR) is 92.1 cm³/mol. The number of hydrogen-bond acceptors (Lipinski definition) is 4. The van der Waals surface area contributed by atoms with E-state index in [1.807, 2.05) is 38.1 Å². The second kappa shape index (κ2) is 7.83. The average molecular weight is 334 g/mol. The minimum absolute atomic E-state index is 0.0227. The van der Waals surface area contributed by atoms with Gasteiger partial charge < -0.3 is 15.8 Å². The van der Waals surface area contributed by atoms with E-state index in [0.717, 1.165) is 17.7 Å². The first-order valence-corrected chi connectivity index (χ1v) is 7.80. The number of ether oxygens (including phenoxy) is 1. The number of nitrogens with two attached hydrogens (primary N) is 1. The van der Waals surface area contributed by atoms with Gasteiger partial charge in [0.15, 0.2) is 0 Å². The van der Waals surface area contributed by atoms with E-state index in [0.29, 0.717) is 17.4 Å². The van der Waals surface area contributed by atoms with E-state index >= 15 is 0 Å². The van der Waals surface area contributed by atoms with Crippen LogP contribution < -0.4 is 15.8 Å². The van der Waals surface area contributed by atoms with Gasteiger partial charge in [0, 0.05) is 6.20 Å². The molecule has 2 aromatic rings. The molecule has 1 amide bonds. The van der Waals surface area contributed by atoms with Crippen LogP contribution in [-0.4, -0.2) is 23.5 Å². The van der Waals surface area contributed by atoms with Gasteiger partial charge in [-0.3, -0.25) is 4.79 Å². The lowest BCUT2D eigenvalue weighted by atomic mass is 10.2. The molecule has 1 atom stereocenters. The molecule has 1 unspecified atom stereocenters. The largest absolute Gasteiger partial charge is 0.489 e. The number of primary amides is 1. The van der Waals surface area contributed by atoms with Crippen LogP contribution in [0.1, 0.15) is 29.3 Å². The second-order valence-electron chi connectivity index (χ2n) is 5.26. The van der Waals surface area contributed by atoms with Crippen LogP contribution in [0.2, 0.25) is 5.02 Å². The highest BCUT2D eigenvalue weighted by Gasteiger charge is 2.11. The molecule has 1 aromatic heterocycles. The minimum atomic E-state index is -0.555. The van der Waals surface area contributed by atoms with Crippen LogP contribution in [0, 0.1) is 6.92 Å². The fraction of sp³-hybridized carbons (Fsp3) is 0.294. The molecule has 0 aliphatic heterocycles. The van der Waals surface area contributed by atoms with Crippen LogP contribution in [-0.2, 0) is 0 Å². The lowest BCUT2D eigenvalue weighted by Crippen LogP contribution is -2.26. The number of carbonyl (C=O) groups is 1. The van der Waals surface area contributed by atoms with E-state index in [1.54, 1.807) is 0 Å². The molecule has 0 fully saturated rings. The number of amides is 1. The van der Waals surface area contributed by atoms with E-state index in [9.17, 15) is 4.79 Å². The zero-order valence-corrected chi connectivity index (χ0v) is 13.9. The Morgan fingerprint density at radius 2 is 2.22 bits per heavy atom. The first-order valence-electron chi connectivity index (χ1n) is 7.42. The predicted octanol–water partition coefficient (Wildman–Crippen LogP) is 3.41. The molecule has 23 heavy (non-hydrogen) atoms. The summed E-state index contributed by atoms with van der Waals surface area (Å²) in [5.74, 6) is 0.782. The quantitative estimate of drug-likeness (QED) is 0.814. The molecule has 5 nitrogen and oxygen atoms in total. The van der Waals surface area contributed by atoms with E-state index < -0.39 is 5.91 Å². The van der Waals surface area contributed by atoms with Crippen molar-refractivity contribution >= 4 is 23.3 Å². The second-order valence-corrected chi connectivity index (χ2v) is 5.67. The van der Waals surface area contributed by atoms with E-state index in [1.165, 1.54) is 12.3 Å². The SMILES string of the molecule is CCC(CNc1ncc(C(N)=O)cc1Cl)Oc1cccc(C)c1. The maximum absolute atomic E-state index is 11.1. The highest BCUT2D eigenvalue weighted by Crippen LogP contribution is 2.21. The number of nitrogens with zero attached hydrogens (tertiary/aromatic N) is 1. The molecule has 2 rings (SSSR count). The van der Waals surface area contributed by atoms with Gasteiger partial charge in [-0.25, -0.2) is 4.98 Å². The summed E-state index contributed by atoms with van der Waals surface area (Å²) in [5.41, 5.74) is 6.63. The van der Waals surface area contributed by atoms with E-state index in [-0.39, 0.29) is 11.7 Å². The van der Waals surface area contributed by atoms with Crippen LogP contribution in [0.15, 0.2) is 36.5 Å². The van der Waals surface area contributed by atoms with Gasteiger partial charge >= 0.3 is 0 Å². The van der Waals surface area contributed by atoms with Gasteiger partial charge in [-0.1, -0.05) is 30.7 Å². The molecular weight excluding hydrogens is 314 g/mol. The van der Waals surface area contributed by atoms with Crippen molar-refractivity contribution in [1.82, 2.24) is 4.98 Å². The molecule has 1 heterocycles. The van der Waals surface area contributed by atoms with Gasteiger partial charge in [-0.05, 0) is 37.1 Å². The fourth-order valence-corrected chi connectivity index (χ4v) is 2.30. The molecule has 0 aliphatic rings. The number of hydrogen-bond donors (Lipinski definition) is 2. The number of benzene rings is 1. The maximum Gasteiger partial charge on any atom is 0.250 e. The van der Waals surface area contributed by atoms with Gasteiger partial charge in [-0.2, -0.15) is 0 Å². The Balaban J connectivity index is 1.99. The molecule has 0 saturated carbocycles. The number of carbonyl (C=O) groups excluding carboxylic acids is 1. The number of rotatable bonds is 7. The first-order chi connectivity index (χ1) is 11.0. The Morgan fingerprint density at radius 3 is 2.83 bits per heavy atom. The normalized spacial score (nSPS) is 11.8. The first kappa shape index (κ1) is 17.1. The standard InChI is InChI=1S/C17H20ClN3O2/c1-3-13(23-14-6-4-5-11(2)7-14)10-21-17-15(18)8-12(9-20-17)16(19)22/h4-9,13H,3,10H2,1-2H3,(H2,19,22)(H,20,21). The van der Waals surface area contributed by atoms with Crippen molar-refractivity contribution in [3.63, 3.8) is 0 Å². The summed E-state index contributed by atoms with van der Waals surface area (Å²) in [6.45, 7) is 4.62. The van der Waals surface area contributed by atoms with Crippen molar-refractivity contribution in [3.05, 3.63) is 52.7 Å². The number of anilines is 1. The lowest BCUT2D eigenvalue weighted by molar-refractivity contribution is 0.1000. The summed E-state index contributed by atoms with van der Waals surface area (Å²) < 4.78 is 5.96. The highest BCUT2D eigenvalue weighted by molar-refractivity contribution is 6.33. The number of nitrogens with one attached hydrogen (secondary N) is 1. The van der Waals surface area contributed by atoms with Gasteiger partial charge in [-0.15, -0.1) is 0 Å². The molecule has 6 heteroatoms. The molecule has 3 N–H and O–H groups in total. The zero-order valence-electron chi connectivity index (χ0n) is 13.2. The molecule has 0 bridgehead atoms. The maximum atomic E-state index is 11.1. The summed E-state index contributed by atoms with van der Waals surface area (Å²) in [6.07, 6.45) is 2.21. The summed E-state index contributed by atoms with van der Waals surface area (Å²) >= 11 is 6.11. The summed E-state index contributed by atoms with van der Waals surface area (Å²) in [6, 6.07) is 9.42. The van der Waals surface area contributed by atoms with Gasteiger partial charge in [0.05, 0.1) is 17.1 Å². The number of aryl methyl sites for hydroxylation is 1. The summed E-state index contributed by atoms with van der Waals surface area (Å²) in [7, 11) is 0. The summed E-state index contributed by atoms with van der Waals surface area (Å²) in [5, 5.41) is 3.50. The van der Waals surface area contributed by atoms with Crippen LogP contribution in [0.4, 0.5) is 5.82 Å². The third-order valence-corrected chi connectivity index (χ3v) is 3.66. The number of halogens is 1.